The first kappa shape index (κ1) is 13.4. The first-order valence-corrected chi connectivity index (χ1v) is 6.14. The molecule has 100 valence electrons. The lowest BCUT2D eigenvalue weighted by atomic mass is 9.93. The highest BCUT2D eigenvalue weighted by atomic mass is 19.2. The number of halogens is 2. The molecule has 0 aliphatic carbocycles. The lowest BCUT2D eigenvalue weighted by molar-refractivity contribution is 0.0607. The first-order valence-electron chi connectivity index (χ1n) is 6.14. The van der Waals surface area contributed by atoms with E-state index in [1.54, 1.807) is 6.07 Å². The zero-order chi connectivity index (χ0) is 13.1. The third-order valence-electron chi connectivity index (χ3n) is 3.53. The highest BCUT2D eigenvalue weighted by Crippen LogP contribution is 2.25. The Morgan fingerprint density at radius 3 is 2.89 bits per heavy atom. The molecular weight excluding hydrogens is 238 g/mol. The van der Waals surface area contributed by atoms with Gasteiger partial charge in [-0.3, -0.25) is 11.3 Å². The van der Waals surface area contributed by atoms with Crippen molar-refractivity contribution >= 4 is 0 Å². The Labute approximate surface area is 105 Å². The predicted molar refractivity (Wildman–Crippen MR) is 64.7 cm³/mol. The number of nitrogens with one attached hydrogen (secondary N) is 1. The molecule has 0 bridgehead atoms. The van der Waals surface area contributed by atoms with Gasteiger partial charge >= 0.3 is 0 Å². The van der Waals surface area contributed by atoms with Crippen LogP contribution in [0.4, 0.5) is 8.78 Å². The highest BCUT2D eigenvalue weighted by molar-refractivity contribution is 5.20. The summed E-state index contributed by atoms with van der Waals surface area (Å²) in [4.78, 5) is 0. The van der Waals surface area contributed by atoms with E-state index in [1.165, 1.54) is 6.07 Å². The Balaban J connectivity index is 2.12. The first-order chi connectivity index (χ1) is 8.63. The molecule has 0 amide bonds. The van der Waals surface area contributed by atoms with Gasteiger partial charge in [0, 0.05) is 6.61 Å². The minimum Gasteiger partial charge on any atom is -0.376 e. The van der Waals surface area contributed by atoms with Crippen molar-refractivity contribution in [3.63, 3.8) is 0 Å². The summed E-state index contributed by atoms with van der Waals surface area (Å²) in [5.74, 6) is 4.24. The number of benzene rings is 1. The molecule has 0 spiro atoms. The van der Waals surface area contributed by atoms with E-state index in [9.17, 15) is 8.78 Å². The van der Waals surface area contributed by atoms with Gasteiger partial charge in [0.05, 0.1) is 12.1 Å². The summed E-state index contributed by atoms with van der Waals surface area (Å²) in [5.41, 5.74) is 2.98. The fourth-order valence-corrected chi connectivity index (χ4v) is 2.44. The second-order valence-corrected chi connectivity index (χ2v) is 4.79. The molecule has 3 N–H and O–H groups in total. The number of ether oxygens (including phenoxy) is 1. The van der Waals surface area contributed by atoms with Crippen molar-refractivity contribution in [2.24, 2.45) is 11.8 Å². The molecule has 0 aromatic heterocycles. The third kappa shape index (κ3) is 2.68. The maximum absolute atomic E-state index is 13.6. The maximum atomic E-state index is 13.6. The van der Waals surface area contributed by atoms with Gasteiger partial charge in [0.2, 0.25) is 0 Å². The smallest absolute Gasteiger partial charge is 0.162 e. The summed E-state index contributed by atoms with van der Waals surface area (Å²) in [5, 5.41) is 0. The summed E-state index contributed by atoms with van der Waals surface area (Å²) in [6.07, 6.45) is 1.22. The van der Waals surface area contributed by atoms with Crippen LogP contribution in [0.15, 0.2) is 18.2 Å². The van der Waals surface area contributed by atoms with Crippen LogP contribution in [0.25, 0.3) is 0 Å². The van der Waals surface area contributed by atoms with E-state index in [4.69, 9.17) is 10.6 Å². The van der Waals surface area contributed by atoms with Crippen LogP contribution >= 0.6 is 0 Å². The molecule has 0 radical (unpaired) electrons. The van der Waals surface area contributed by atoms with Crippen LogP contribution in [-0.4, -0.2) is 18.8 Å². The van der Waals surface area contributed by atoms with Crippen molar-refractivity contribution in [1.82, 2.24) is 5.43 Å². The molecule has 1 aromatic rings. The van der Waals surface area contributed by atoms with Crippen molar-refractivity contribution < 1.29 is 13.5 Å². The van der Waals surface area contributed by atoms with Gasteiger partial charge in [0.1, 0.15) is 0 Å². The molecule has 1 saturated heterocycles. The third-order valence-corrected chi connectivity index (χ3v) is 3.53. The standard InChI is InChI=1S/C13H18F2N2O/c1-8-5-6-18-13(8)11(17-16)7-9-3-2-4-10(14)12(9)15/h2-4,8,11,13,17H,5-7,16H2,1H3. The summed E-state index contributed by atoms with van der Waals surface area (Å²) >= 11 is 0. The summed E-state index contributed by atoms with van der Waals surface area (Å²) < 4.78 is 32.3. The molecule has 3 nitrogen and oxygen atoms in total. The summed E-state index contributed by atoms with van der Waals surface area (Å²) in [6.45, 7) is 2.76. The van der Waals surface area contributed by atoms with E-state index in [1.807, 2.05) is 0 Å². The normalized spacial score (nSPS) is 25.3. The SMILES string of the molecule is CC1CCOC1C(Cc1cccc(F)c1F)NN. The van der Waals surface area contributed by atoms with E-state index in [0.717, 1.165) is 12.5 Å². The number of hydrogen-bond donors (Lipinski definition) is 2. The van der Waals surface area contributed by atoms with Crippen molar-refractivity contribution in [3.05, 3.63) is 35.4 Å². The van der Waals surface area contributed by atoms with Crippen LogP contribution in [0.3, 0.4) is 0 Å². The van der Waals surface area contributed by atoms with Crippen molar-refractivity contribution in [1.29, 1.82) is 0 Å². The van der Waals surface area contributed by atoms with Crippen molar-refractivity contribution in [3.8, 4) is 0 Å². The number of hydrazine groups is 1. The number of nitrogens with two attached hydrogens (primary N) is 1. The zero-order valence-electron chi connectivity index (χ0n) is 10.3. The van der Waals surface area contributed by atoms with Crippen molar-refractivity contribution in [2.45, 2.75) is 31.9 Å². The van der Waals surface area contributed by atoms with E-state index in [0.29, 0.717) is 24.5 Å². The summed E-state index contributed by atoms with van der Waals surface area (Å²) in [7, 11) is 0. The molecule has 1 aromatic carbocycles. The Hall–Kier alpha value is -1.04. The molecule has 5 heteroatoms. The average molecular weight is 256 g/mol. The molecule has 18 heavy (non-hydrogen) atoms. The van der Waals surface area contributed by atoms with Crippen molar-refractivity contribution in [2.75, 3.05) is 6.61 Å². The fraction of sp³-hybridized carbons (Fsp3) is 0.538. The molecule has 2 rings (SSSR count). The summed E-state index contributed by atoms with van der Waals surface area (Å²) in [6, 6.07) is 3.97. The Morgan fingerprint density at radius 2 is 2.28 bits per heavy atom. The predicted octanol–water partition coefficient (Wildman–Crippen LogP) is 1.76. The Kier molecular flexibility index (Phi) is 4.27. The quantitative estimate of drug-likeness (QED) is 0.637. The van der Waals surface area contributed by atoms with Crippen LogP contribution in [-0.2, 0) is 11.2 Å². The zero-order valence-corrected chi connectivity index (χ0v) is 10.3. The van der Waals surface area contributed by atoms with Crippen LogP contribution in [0, 0.1) is 17.6 Å². The minimum atomic E-state index is -0.830. The van der Waals surface area contributed by atoms with Gasteiger partial charge in [0.25, 0.3) is 0 Å². The maximum Gasteiger partial charge on any atom is 0.162 e. The van der Waals surface area contributed by atoms with Gasteiger partial charge in [0.15, 0.2) is 11.6 Å². The molecule has 1 fully saturated rings. The average Bonchev–Trinajstić information content (AvgIpc) is 2.77. The number of hydrogen-bond acceptors (Lipinski definition) is 3. The van der Waals surface area contributed by atoms with E-state index >= 15 is 0 Å². The molecule has 1 heterocycles. The van der Waals surface area contributed by atoms with Gasteiger partial charge in [-0.1, -0.05) is 19.1 Å². The van der Waals surface area contributed by atoms with Gasteiger partial charge in [-0.05, 0) is 30.4 Å². The lowest BCUT2D eigenvalue weighted by Gasteiger charge is -2.25. The molecule has 0 saturated carbocycles. The van der Waals surface area contributed by atoms with Gasteiger partial charge < -0.3 is 4.74 Å². The second kappa shape index (κ2) is 5.73. The van der Waals surface area contributed by atoms with Gasteiger partial charge in [-0.2, -0.15) is 0 Å². The molecular formula is C13H18F2N2O. The fourth-order valence-electron chi connectivity index (χ4n) is 2.44. The lowest BCUT2D eigenvalue weighted by Crippen LogP contribution is -2.47. The Bertz CT molecular complexity index is 414. The van der Waals surface area contributed by atoms with Crippen LogP contribution in [0.1, 0.15) is 18.9 Å². The van der Waals surface area contributed by atoms with E-state index in [2.05, 4.69) is 12.3 Å². The number of rotatable bonds is 4. The molecule has 3 unspecified atom stereocenters. The highest BCUT2D eigenvalue weighted by Gasteiger charge is 2.32. The van der Waals surface area contributed by atoms with Gasteiger partial charge in [-0.25, -0.2) is 8.78 Å². The minimum absolute atomic E-state index is 0.0577. The largest absolute Gasteiger partial charge is 0.376 e. The molecule has 1 aliphatic rings. The van der Waals surface area contributed by atoms with E-state index in [-0.39, 0.29) is 12.1 Å². The van der Waals surface area contributed by atoms with E-state index < -0.39 is 11.6 Å². The molecule has 1 aliphatic heterocycles. The monoisotopic (exact) mass is 256 g/mol. The molecule has 3 atom stereocenters. The topological polar surface area (TPSA) is 47.3 Å². The Morgan fingerprint density at radius 1 is 1.50 bits per heavy atom. The van der Waals surface area contributed by atoms with Crippen LogP contribution < -0.4 is 11.3 Å². The van der Waals surface area contributed by atoms with Gasteiger partial charge in [-0.15, -0.1) is 0 Å². The van der Waals surface area contributed by atoms with Crippen LogP contribution in [0.5, 0.6) is 0 Å². The second-order valence-electron chi connectivity index (χ2n) is 4.79. The van der Waals surface area contributed by atoms with Crippen LogP contribution in [0.2, 0.25) is 0 Å².